The van der Waals surface area contributed by atoms with E-state index in [0.29, 0.717) is 13.1 Å². The van der Waals surface area contributed by atoms with Gasteiger partial charge in [-0.3, -0.25) is 4.79 Å². The molecule has 0 fully saturated rings. The van der Waals surface area contributed by atoms with Gasteiger partial charge in [0.15, 0.2) is 6.10 Å². The van der Waals surface area contributed by atoms with E-state index in [9.17, 15) is 14.3 Å². The van der Waals surface area contributed by atoms with E-state index in [1.807, 2.05) is 0 Å². The quantitative estimate of drug-likeness (QED) is 0.859. The molecule has 1 rings (SSSR count). The Bertz CT molecular complexity index is 358. The van der Waals surface area contributed by atoms with Gasteiger partial charge in [-0.15, -0.1) is 0 Å². The normalized spacial score (nSPS) is 16.3. The average Bonchev–Trinajstić information content (AvgIpc) is 2.82. The summed E-state index contributed by atoms with van der Waals surface area (Å²) in [6.07, 6.45) is -0.262. The summed E-state index contributed by atoms with van der Waals surface area (Å²) in [5.41, 5.74) is -2.39. The zero-order valence-electron chi connectivity index (χ0n) is 10.3. The third-order valence-electron chi connectivity index (χ3n) is 2.80. The zero-order chi connectivity index (χ0) is 13.1. The van der Waals surface area contributed by atoms with Crippen molar-refractivity contribution in [3.63, 3.8) is 0 Å². The van der Waals surface area contributed by atoms with Crippen LogP contribution in [0.2, 0.25) is 0 Å². The van der Waals surface area contributed by atoms with Crippen LogP contribution in [0.4, 0.5) is 4.39 Å². The predicted molar refractivity (Wildman–Crippen MR) is 61.1 cm³/mol. The largest absolute Gasteiger partial charge is 0.466 e. The van der Waals surface area contributed by atoms with Crippen molar-refractivity contribution in [2.45, 2.75) is 32.5 Å². The zero-order valence-corrected chi connectivity index (χ0v) is 10.3. The first kappa shape index (κ1) is 13.7. The fourth-order valence-corrected chi connectivity index (χ4v) is 1.65. The molecule has 1 heterocycles. The van der Waals surface area contributed by atoms with E-state index in [4.69, 9.17) is 4.42 Å². The number of halogens is 1. The summed E-state index contributed by atoms with van der Waals surface area (Å²) in [5, 5.41) is 9.83. The summed E-state index contributed by atoms with van der Waals surface area (Å²) >= 11 is 0. The minimum Gasteiger partial charge on any atom is -0.466 e. The number of amides is 1. The summed E-state index contributed by atoms with van der Waals surface area (Å²) in [4.78, 5) is 13.3. The molecule has 4 nitrogen and oxygen atoms in total. The molecule has 1 aromatic rings. The standard InChI is InChI=1S/C12H18FNO3/c1-4-14(5-2)11(16)12(3,13)10(15)9-7-6-8-17-9/h6-8,10,15H,4-5H2,1-3H3/t10-,12+/m0/s1. The number of aliphatic hydroxyl groups is 1. The summed E-state index contributed by atoms with van der Waals surface area (Å²) in [6, 6.07) is 2.98. The fraction of sp³-hybridized carbons (Fsp3) is 0.583. The van der Waals surface area contributed by atoms with Crippen LogP contribution in [-0.4, -0.2) is 34.7 Å². The molecule has 0 saturated heterocycles. The van der Waals surface area contributed by atoms with E-state index in [0.717, 1.165) is 6.92 Å². The lowest BCUT2D eigenvalue weighted by molar-refractivity contribution is -0.151. The first-order valence-electron chi connectivity index (χ1n) is 5.64. The van der Waals surface area contributed by atoms with Crippen molar-refractivity contribution in [1.29, 1.82) is 0 Å². The van der Waals surface area contributed by atoms with Crippen molar-refractivity contribution in [2.75, 3.05) is 13.1 Å². The van der Waals surface area contributed by atoms with Crippen molar-refractivity contribution >= 4 is 5.91 Å². The Balaban J connectivity index is 2.90. The molecule has 0 unspecified atom stereocenters. The molecule has 1 N–H and O–H groups in total. The number of furan rings is 1. The van der Waals surface area contributed by atoms with Crippen molar-refractivity contribution in [1.82, 2.24) is 4.90 Å². The number of nitrogens with zero attached hydrogens (tertiary/aromatic N) is 1. The highest BCUT2D eigenvalue weighted by Gasteiger charge is 2.45. The molecule has 96 valence electrons. The molecule has 2 atom stereocenters. The minimum absolute atomic E-state index is 0.0514. The molecule has 1 aromatic heterocycles. The predicted octanol–water partition coefficient (Wildman–Crippen LogP) is 1.91. The number of hydrogen-bond acceptors (Lipinski definition) is 3. The molecule has 0 bridgehead atoms. The van der Waals surface area contributed by atoms with E-state index < -0.39 is 17.7 Å². The topological polar surface area (TPSA) is 53.7 Å². The van der Waals surface area contributed by atoms with Gasteiger partial charge >= 0.3 is 0 Å². The fourth-order valence-electron chi connectivity index (χ4n) is 1.65. The van der Waals surface area contributed by atoms with Gasteiger partial charge in [0.2, 0.25) is 5.67 Å². The van der Waals surface area contributed by atoms with Crippen molar-refractivity contribution in [3.8, 4) is 0 Å². The first-order chi connectivity index (χ1) is 7.95. The molecular formula is C12H18FNO3. The number of carbonyl (C=O) groups is 1. The second-order valence-electron chi connectivity index (χ2n) is 3.97. The van der Waals surface area contributed by atoms with Crippen LogP contribution < -0.4 is 0 Å². The summed E-state index contributed by atoms with van der Waals surface area (Å²) in [5.74, 6) is -0.679. The van der Waals surface area contributed by atoms with Gasteiger partial charge in [0.1, 0.15) is 5.76 Å². The van der Waals surface area contributed by atoms with Crippen molar-refractivity contribution in [2.24, 2.45) is 0 Å². The number of aliphatic hydroxyl groups excluding tert-OH is 1. The monoisotopic (exact) mass is 243 g/mol. The SMILES string of the molecule is CCN(CC)C(=O)[C@](C)(F)[C@@H](O)c1ccco1. The van der Waals surface area contributed by atoms with Crippen LogP contribution in [-0.2, 0) is 4.79 Å². The van der Waals surface area contributed by atoms with Gasteiger partial charge in [0.25, 0.3) is 5.91 Å². The number of hydrogen-bond donors (Lipinski definition) is 1. The Morgan fingerprint density at radius 3 is 2.59 bits per heavy atom. The molecule has 0 aliphatic carbocycles. The third kappa shape index (κ3) is 2.66. The molecular weight excluding hydrogens is 225 g/mol. The van der Waals surface area contributed by atoms with Gasteiger partial charge in [-0.25, -0.2) is 4.39 Å². The van der Waals surface area contributed by atoms with E-state index in [2.05, 4.69) is 0 Å². The summed E-state index contributed by atoms with van der Waals surface area (Å²) in [7, 11) is 0. The first-order valence-corrected chi connectivity index (χ1v) is 5.64. The Hall–Kier alpha value is -1.36. The maximum Gasteiger partial charge on any atom is 0.263 e. The van der Waals surface area contributed by atoms with Gasteiger partial charge in [-0.2, -0.15) is 0 Å². The summed E-state index contributed by atoms with van der Waals surface area (Å²) < 4.78 is 19.3. The van der Waals surface area contributed by atoms with Crippen LogP contribution in [0.5, 0.6) is 0 Å². The van der Waals surface area contributed by atoms with Crippen LogP contribution in [0.25, 0.3) is 0 Å². The van der Waals surface area contributed by atoms with E-state index in [1.165, 1.54) is 23.3 Å². The molecule has 5 heteroatoms. The van der Waals surface area contributed by atoms with Crippen LogP contribution >= 0.6 is 0 Å². The van der Waals surface area contributed by atoms with Gasteiger partial charge in [0, 0.05) is 13.1 Å². The number of rotatable bonds is 5. The van der Waals surface area contributed by atoms with Gasteiger partial charge in [-0.05, 0) is 32.9 Å². The van der Waals surface area contributed by atoms with Crippen LogP contribution in [0.3, 0.4) is 0 Å². The average molecular weight is 243 g/mol. The molecule has 0 aliphatic heterocycles. The highest BCUT2D eigenvalue weighted by atomic mass is 19.1. The second kappa shape index (κ2) is 5.31. The highest BCUT2D eigenvalue weighted by Crippen LogP contribution is 2.31. The van der Waals surface area contributed by atoms with E-state index >= 15 is 0 Å². The minimum atomic E-state index is -2.39. The molecule has 0 saturated carbocycles. The lowest BCUT2D eigenvalue weighted by Gasteiger charge is -2.29. The van der Waals surface area contributed by atoms with Gasteiger partial charge in [0.05, 0.1) is 6.26 Å². The highest BCUT2D eigenvalue weighted by molar-refractivity contribution is 5.85. The lowest BCUT2D eigenvalue weighted by atomic mass is 9.97. The number of carbonyl (C=O) groups excluding carboxylic acids is 1. The Kier molecular flexibility index (Phi) is 4.28. The molecule has 17 heavy (non-hydrogen) atoms. The van der Waals surface area contributed by atoms with Gasteiger partial charge in [-0.1, -0.05) is 0 Å². The van der Waals surface area contributed by atoms with E-state index in [1.54, 1.807) is 13.8 Å². The molecule has 1 amide bonds. The van der Waals surface area contributed by atoms with Crippen LogP contribution in [0, 0.1) is 0 Å². The molecule has 0 aromatic carbocycles. The maximum atomic E-state index is 14.4. The van der Waals surface area contributed by atoms with Crippen molar-refractivity contribution < 1.29 is 18.7 Å². The van der Waals surface area contributed by atoms with Gasteiger partial charge < -0.3 is 14.4 Å². The molecule has 0 radical (unpaired) electrons. The third-order valence-corrected chi connectivity index (χ3v) is 2.80. The Morgan fingerprint density at radius 1 is 1.59 bits per heavy atom. The van der Waals surface area contributed by atoms with E-state index in [-0.39, 0.29) is 5.76 Å². The number of alkyl halides is 1. The molecule has 0 aliphatic rings. The lowest BCUT2D eigenvalue weighted by Crippen LogP contribution is -2.47. The second-order valence-corrected chi connectivity index (χ2v) is 3.97. The maximum absolute atomic E-state index is 14.4. The van der Waals surface area contributed by atoms with Crippen LogP contribution in [0.15, 0.2) is 22.8 Å². The summed E-state index contributed by atoms with van der Waals surface area (Å²) in [6.45, 7) is 5.40. The molecule has 0 spiro atoms. The van der Waals surface area contributed by atoms with Crippen LogP contribution in [0.1, 0.15) is 32.6 Å². The Labute approximate surface area is 100 Å². The smallest absolute Gasteiger partial charge is 0.263 e. The Morgan fingerprint density at radius 2 is 2.18 bits per heavy atom. The van der Waals surface area contributed by atoms with Crippen molar-refractivity contribution in [3.05, 3.63) is 24.2 Å².